The summed E-state index contributed by atoms with van der Waals surface area (Å²) in [5.74, 6) is 1.84. The minimum Gasteiger partial charge on any atom is -0.384 e. The van der Waals surface area contributed by atoms with Crippen molar-refractivity contribution in [2.24, 2.45) is 23.7 Å². The molecule has 0 aromatic rings. The lowest BCUT2D eigenvalue weighted by Crippen LogP contribution is -2.43. The Morgan fingerprint density at radius 3 is 2.26 bits per heavy atom. The van der Waals surface area contributed by atoms with Crippen molar-refractivity contribution in [3.63, 3.8) is 0 Å². The molecule has 1 heterocycles. The van der Waals surface area contributed by atoms with E-state index in [1.807, 2.05) is 0 Å². The van der Waals surface area contributed by atoms with Crippen LogP contribution in [0, 0.1) is 23.7 Å². The molecule has 19 heavy (non-hydrogen) atoms. The molecule has 0 N–H and O–H groups in total. The van der Waals surface area contributed by atoms with Gasteiger partial charge >= 0.3 is 0 Å². The number of nitrogens with zero attached hydrogens (tertiary/aromatic N) is 1. The van der Waals surface area contributed by atoms with Crippen molar-refractivity contribution in [2.45, 2.75) is 53.5 Å². The van der Waals surface area contributed by atoms with Gasteiger partial charge in [0.2, 0.25) is 5.91 Å². The van der Waals surface area contributed by atoms with E-state index in [1.165, 1.54) is 0 Å². The Kier molecular flexibility index (Phi) is 6.31. The predicted molar refractivity (Wildman–Crippen MR) is 78.9 cm³/mol. The van der Waals surface area contributed by atoms with Crippen LogP contribution in [0.25, 0.3) is 0 Å². The van der Waals surface area contributed by atoms with Gasteiger partial charge in [-0.3, -0.25) is 4.79 Å². The second-order valence-electron chi connectivity index (χ2n) is 6.62. The summed E-state index contributed by atoms with van der Waals surface area (Å²) in [5, 5.41) is 0. The smallest absolute Gasteiger partial charge is 0.226 e. The van der Waals surface area contributed by atoms with Gasteiger partial charge in [-0.05, 0) is 24.7 Å². The second-order valence-corrected chi connectivity index (χ2v) is 6.62. The van der Waals surface area contributed by atoms with E-state index in [1.54, 1.807) is 7.11 Å². The summed E-state index contributed by atoms with van der Waals surface area (Å²) in [4.78, 5) is 15.0. The molecule has 2 atom stereocenters. The lowest BCUT2D eigenvalue weighted by atomic mass is 9.84. The summed E-state index contributed by atoms with van der Waals surface area (Å²) in [7, 11) is 1.75. The largest absolute Gasteiger partial charge is 0.384 e. The second kappa shape index (κ2) is 7.28. The number of rotatable bonds is 6. The minimum absolute atomic E-state index is 0.148. The first kappa shape index (κ1) is 16.5. The number of amides is 1. The SMILES string of the molecule is CC[C@@H]1CC(COC)CN1C(=O)C(C(C)C)C(C)C. The van der Waals surface area contributed by atoms with Gasteiger partial charge in [0.15, 0.2) is 0 Å². The van der Waals surface area contributed by atoms with Crippen molar-refractivity contribution >= 4 is 5.91 Å². The fourth-order valence-electron chi connectivity index (χ4n) is 3.56. The molecule has 3 nitrogen and oxygen atoms in total. The van der Waals surface area contributed by atoms with Gasteiger partial charge in [0.05, 0.1) is 6.61 Å². The molecule has 0 aromatic heterocycles. The zero-order valence-electron chi connectivity index (χ0n) is 13.5. The molecule has 3 heteroatoms. The van der Waals surface area contributed by atoms with Crippen molar-refractivity contribution in [1.29, 1.82) is 0 Å². The zero-order chi connectivity index (χ0) is 14.6. The third kappa shape index (κ3) is 3.95. The summed E-state index contributed by atoms with van der Waals surface area (Å²) in [6, 6.07) is 0.410. The first-order valence-corrected chi connectivity index (χ1v) is 7.71. The Balaban J connectivity index is 2.78. The van der Waals surface area contributed by atoms with E-state index >= 15 is 0 Å². The third-order valence-electron chi connectivity index (χ3n) is 4.38. The first-order chi connectivity index (χ1) is 8.92. The van der Waals surface area contributed by atoms with Crippen molar-refractivity contribution in [3.05, 3.63) is 0 Å². The quantitative estimate of drug-likeness (QED) is 0.741. The monoisotopic (exact) mass is 269 g/mol. The molecule has 1 amide bonds. The number of methoxy groups -OCH3 is 1. The highest BCUT2D eigenvalue weighted by Crippen LogP contribution is 2.31. The standard InChI is InChI=1S/C16H31NO2/c1-7-14-8-13(10-19-6)9-17(14)16(18)15(11(2)3)12(4)5/h11-15H,7-10H2,1-6H3/t13?,14-/m1/s1. The molecule has 112 valence electrons. The van der Waals surface area contributed by atoms with Crippen LogP contribution in [0.5, 0.6) is 0 Å². The van der Waals surface area contributed by atoms with Gasteiger partial charge in [0.25, 0.3) is 0 Å². The number of hydrogen-bond acceptors (Lipinski definition) is 2. The fraction of sp³-hybridized carbons (Fsp3) is 0.938. The molecule has 1 unspecified atom stereocenters. The minimum atomic E-state index is 0.148. The molecule has 0 aliphatic carbocycles. The summed E-state index contributed by atoms with van der Waals surface area (Å²) in [6.45, 7) is 12.5. The summed E-state index contributed by atoms with van der Waals surface area (Å²) < 4.78 is 5.26. The van der Waals surface area contributed by atoms with Crippen molar-refractivity contribution in [1.82, 2.24) is 4.90 Å². The highest BCUT2D eigenvalue weighted by Gasteiger charge is 2.38. The number of ether oxygens (including phenoxy) is 1. The lowest BCUT2D eigenvalue weighted by Gasteiger charge is -2.32. The molecule has 0 saturated carbocycles. The first-order valence-electron chi connectivity index (χ1n) is 7.71. The van der Waals surface area contributed by atoms with Gasteiger partial charge in [-0.1, -0.05) is 34.6 Å². The number of hydrogen-bond donors (Lipinski definition) is 0. The Morgan fingerprint density at radius 2 is 1.84 bits per heavy atom. The third-order valence-corrected chi connectivity index (χ3v) is 4.38. The maximum Gasteiger partial charge on any atom is 0.226 e. The molecule has 1 saturated heterocycles. The van der Waals surface area contributed by atoms with Crippen LogP contribution in [0.3, 0.4) is 0 Å². The lowest BCUT2D eigenvalue weighted by molar-refractivity contribution is -0.139. The van der Waals surface area contributed by atoms with Crippen molar-refractivity contribution in [3.8, 4) is 0 Å². The van der Waals surface area contributed by atoms with Crippen LogP contribution >= 0.6 is 0 Å². The molecule has 1 rings (SSSR count). The number of carbonyl (C=O) groups excluding carboxylic acids is 1. The molecular weight excluding hydrogens is 238 g/mol. The highest BCUT2D eigenvalue weighted by atomic mass is 16.5. The molecule has 0 radical (unpaired) electrons. The van der Waals surface area contributed by atoms with E-state index < -0.39 is 0 Å². The Labute approximate surface area is 118 Å². The number of likely N-dealkylation sites (tertiary alicyclic amines) is 1. The van der Waals surface area contributed by atoms with E-state index in [2.05, 4.69) is 39.5 Å². The van der Waals surface area contributed by atoms with Crippen LogP contribution in [0.1, 0.15) is 47.5 Å². The van der Waals surface area contributed by atoms with Crippen LogP contribution in [-0.2, 0) is 9.53 Å². The Bertz CT molecular complexity index is 280. The van der Waals surface area contributed by atoms with Gasteiger partial charge in [-0.15, -0.1) is 0 Å². The molecule has 1 fully saturated rings. The van der Waals surface area contributed by atoms with Gasteiger partial charge < -0.3 is 9.64 Å². The molecule has 0 aromatic carbocycles. The van der Waals surface area contributed by atoms with Gasteiger partial charge in [-0.25, -0.2) is 0 Å². The zero-order valence-corrected chi connectivity index (χ0v) is 13.5. The highest BCUT2D eigenvalue weighted by molar-refractivity contribution is 5.80. The molecule has 1 aliphatic rings. The van der Waals surface area contributed by atoms with E-state index in [-0.39, 0.29) is 5.92 Å². The Hall–Kier alpha value is -0.570. The normalized spacial score (nSPS) is 23.9. The van der Waals surface area contributed by atoms with Gasteiger partial charge in [0.1, 0.15) is 0 Å². The predicted octanol–water partition coefficient (Wildman–Crippen LogP) is 3.19. The summed E-state index contributed by atoms with van der Waals surface area (Å²) in [6.07, 6.45) is 2.15. The Morgan fingerprint density at radius 1 is 1.26 bits per heavy atom. The maximum atomic E-state index is 12.8. The van der Waals surface area contributed by atoms with Gasteiger partial charge in [0, 0.05) is 31.5 Å². The number of carbonyl (C=O) groups is 1. The maximum absolute atomic E-state index is 12.8. The van der Waals surface area contributed by atoms with Gasteiger partial charge in [-0.2, -0.15) is 0 Å². The molecule has 0 spiro atoms. The van der Waals surface area contributed by atoms with Crippen LogP contribution in [-0.4, -0.2) is 37.1 Å². The average Bonchev–Trinajstić information content (AvgIpc) is 2.71. The van der Waals surface area contributed by atoms with Crippen LogP contribution in [0.2, 0.25) is 0 Å². The topological polar surface area (TPSA) is 29.5 Å². The van der Waals surface area contributed by atoms with Crippen LogP contribution < -0.4 is 0 Å². The molecule has 0 bridgehead atoms. The summed E-state index contributed by atoms with van der Waals surface area (Å²) >= 11 is 0. The van der Waals surface area contributed by atoms with E-state index in [4.69, 9.17) is 4.74 Å². The van der Waals surface area contributed by atoms with E-state index in [0.717, 1.165) is 26.0 Å². The van der Waals surface area contributed by atoms with Crippen molar-refractivity contribution < 1.29 is 9.53 Å². The van der Waals surface area contributed by atoms with E-state index in [0.29, 0.717) is 29.7 Å². The van der Waals surface area contributed by atoms with E-state index in [9.17, 15) is 4.79 Å². The van der Waals surface area contributed by atoms with Crippen LogP contribution in [0.4, 0.5) is 0 Å². The van der Waals surface area contributed by atoms with Crippen LogP contribution in [0.15, 0.2) is 0 Å². The van der Waals surface area contributed by atoms with Crippen molar-refractivity contribution in [2.75, 3.05) is 20.3 Å². The molecular formula is C16H31NO2. The fourth-order valence-corrected chi connectivity index (χ4v) is 3.56. The summed E-state index contributed by atoms with van der Waals surface area (Å²) in [5.41, 5.74) is 0. The average molecular weight is 269 g/mol. The molecule has 1 aliphatic heterocycles.